The molecule has 0 saturated heterocycles. The van der Waals surface area contributed by atoms with Gasteiger partial charge in [0.2, 0.25) is 0 Å². The molecule has 5 aromatic carbocycles. The maximum atomic E-state index is 5.86. The topological polar surface area (TPSA) is 0 Å². The first-order valence-corrected chi connectivity index (χ1v) is 19.0. The zero-order valence-electron chi connectivity index (χ0n) is 27.9. The number of fused-ring (bicyclic) bond motifs is 3. The molecule has 0 amide bonds. The average molecular weight is 835 g/mol. The van der Waals surface area contributed by atoms with E-state index in [2.05, 4.69) is 96.2 Å². The Morgan fingerprint density at radius 2 is 0.958 bits per heavy atom. The Bertz CT molecular complexity index is 1780. The van der Waals surface area contributed by atoms with E-state index in [1.54, 1.807) is 0 Å². The van der Waals surface area contributed by atoms with E-state index in [9.17, 15) is 0 Å². The fourth-order valence-corrected chi connectivity index (χ4v) is 6.69. The molecule has 0 saturated carbocycles. The van der Waals surface area contributed by atoms with E-state index in [0.717, 1.165) is 17.5 Å². The molecule has 0 spiro atoms. The molecule has 248 valence electrons. The minimum atomic E-state index is -1.41. The van der Waals surface area contributed by atoms with Crippen molar-refractivity contribution in [3.63, 3.8) is 0 Å². The van der Waals surface area contributed by atoms with Gasteiger partial charge in [0.15, 0.2) is 0 Å². The van der Waals surface area contributed by atoms with Crippen LogP contribution in [-0.2, 0) is 42.7 Å². The summed E-state index contributed by atoms with van der Waals surface area (Å²) in [6.45, 7) is 13.6. The predicted octanol–water partition coefficient (Wildman–Crippen LogP) is 14.1. The van der Waals surface area contributed by atoms with E-state index in [0.29, 0.717) is 11.1 Å². The Kier molecular flexibility index (Phi) is 13.1. The second kappa shape index (κ2) is 15.9. The van der Waals surface area contributed by atoms with Gasteiger partial charge in [0.1, 0.15) is 0 Å². The monoisotopic (exact) mass is 830 g/mol. The summed E-state index contributed by atoms with van der Waals surface area (Å²) in [4.78, 5) is 0. The Hall–Kier alpha value is -1.28. The third kappa shape index (κ3) is 10.6. The SMILES string of the molecule is CC(C)(C)c1ccc2c(c1)[cH-]c1cc(C(C)(C)C)ccc12.ClC(Cl)(Cl)c1ccc([C](=[Zr+2])c2ccc(C(Cl)(Cl)Cl)cc2)cc1.[C-]1=CC=CC1. The number of rotatable bonds is 2. The Morgan fingerprint density at radius 3 is 1.23 bits per heavy atom. The van der Waals surface area contributed by atoms with Gasteiger partial charge in [0.05, 0.1) is 0 Å². The Balaban J connectivity index is 0.000000189. The Morgan fingerprint density at radius 1 is 0.583 bits per heavy atom. The molecule has 1 aliphatic rings. The number of hydrogen-bond acceptors (Lipinski definition) is 0. The molecule has 1 aliphatic carbocycles. The molecule has 0 bridgehead atoms. The largest absolute Gasteiger partial charge is 0.273 e. The van der Waals surface area contributed by atoms with E-state index >= 15 is 0 Å². The third-order valence-corrected chi connectivity index (χ3v) is 10.8. The van der Waals surface area contributed by atoms with E-state index in [-0.39, 0.29) is 10.8 Å². The number of hydrogen-bond donors (Lipinski definition) is 0. The minimum Gasteiger partial charge on any atom is -0.273 e. The molecule has 0 atom stereocenters. The molecule has 0 N–H and O–H groups in total. The molecule has 0 radical (unpaired) electrons. The molecular weight excluding hydrogens is 796 g/mol. The van der Waals surface area contributed by atoms with Gasteiger partial charge in [0, 0.05) is 0 Å². The van der Waals surface area contributed by atoms with Gasteiger partial charge in [-0.2, -0.15) is 6.08 Å². The van der Waals surface area contributed by atoms with Crippen molar-refractivity contribution in [1.29, 1.82) is 0 Å². The van der Waals surface area contributed by atoms with Crippen molar-refractivity contribution in [3.05, 3.63) is 149 Å². The van der Waals surface area contributed by atoms with Crippen LogP contribution in [0.4, 0.5) is 0 Å². The van der Waals surface area contributed by atoms with Crippen molar-refractivity contribution in [2.24, 2.45) is 0 Å². The van der Waals surface area contributed by atoms with Gasteiger partial charge in [-0.25, -0.2) is 12.2 Å². The van der Waals surface area contributed by atoms with E-state index in [4.69, 9.17) is 69.6 Å². The summed E-state index contributed by atoms with van der Waals surface area (Å²) in [5.41, 5.74) is 6.62. The second-order valence-electron chi connectivity index (χ2n) is 13.8. The van der Waals surface area contributed by atoms with Crippen molar-refractivity contribution >= 4 is 94.4 Å². The number of halogens is 6. The van der Waals surface area contributed by atoms with E-state index < -0.39 is 7.59 Å². The molecule has 5 aromatic rings. The zero-order valence-corrected chi connectivity index (χ0v) is 34.9. The summed E-state index contributed by atoms with van der Waals surface area (Å²) >= 11 is 36.4. The minimum absolute atomic E-state index is 0.203. The molecule has 0 fully saturated rings. The molecule has 0 aromatic heterocycles. The molecule has 0 heterocycles. The van der Waals surface area contributed by atoms with Gasteiger partial charge in [-0.3, -0.25) is 6.08 Å². The van der Waals surface area contributed by atoms with Crippen LogP contribution in [0.2, 0.25) is 0 Å². The van der Waals surface area contributed by atoms with Crippen LogP contribution in [0.15, 0.2) is 109 Å². The maximum absolute atomic E-state index is 5.86. The van der Waals surface area contributed by atoms with Gasteiger partial charge in [-0.05, 0) is 10.8 Å². The van der Waals surface area contributed by atoms with Crippen LogP contribution in [0.3, 0.4) is 0 Å². The van der Waals surface area contributed by atoms with Crippen molar-refractivity contribution in [2.45, 2.75) is 66.4 Å². The fourth-order valence-electron chi connectivity index (χ4n) is 5.11. The zero-order chi connectivity index (χ0) is 35.5. The van der Waals surface area contributed by atoms with Crippen LogP contribution in [0, 0.1) is 6.08 Å². The summed E-state index contributed by atoms with van der Waals surface area (Å²) in [7, 11) is 0. The first-order chi connectivity index (χ1) is 22.2. The smallest absolute Gasteiger partial charge is 0.109 e. The summed E-state index contributed by atoms with van der Waals surface area (Å²) in [5.74, 6) is 0. The average Bonchev–Trinajstić information content (AvgIpc) is 3.71. The maximum Gasteiger partial charge on any atom is -0.109 e. The summed E-state index contributed by atoms with van der Waals surface area (Å²) in [6.07, 6.45) is 10.0. The van der Waals surface area contributed by atoms with Crippen molar-refractivity contribution in [3.8, 4) is 0 Å². The molecule has 0 aliphatic heterocycles. The molecule has 48 heavy (non-hydrogen) atoms. The number of alkyl halides is 6. The predicted molar refractivity (Wildman–Crippen MR) is 211 cm³/mol. The third-order valence-electron chi connectivity index (χ3n) is 8.02. The van der Waals surface area contributed by atoms with Crippen LogP contribution >= 0.6 is 69.6 Å². The standard InChI is InChI=1S/C21H25.C15H8Cl6.C5H5.Zr/c1-20(2,3)16-7-9-18-14(12-16)11-15-13-17(21(4,5)6)8-10-19(15)18;16-14(17,18)12-5-1-10(2-6-12)9-11-3-7-13(8-4-11)15(19,20)21;1-2-4-5-3-1;/h7-13H,1-6H3;1-8H;1-3H,4H2;/q-1;;-1;+2. The van der Waals surface area contributed by atoms with Gasteiger partial charge in [-0.1, -0.05) is 76.9 Å². The summed E-state index contributed by atoms with van der Waals surface area (Å²) in [6, 6.07) is 31.1. The molecule has 0 unspecified atom stereocenters. The first kappa shape index (κ1) is 39.5. The molecule has 0 nitrogen and oxygen atoms in total. The van der Waals surface area contributed by atoms with Gasteiger partial charge in [0.25, 0.3) is 0 Å². The quantitative estimate of drug-likeness (QED) is 0.123. The van der Waals surface area contributed by atoms with Gasteiger partial charge < -0.3 is 0 Å². The van der Waals surface area contributed by atoms with Crippen LogP contribution < -0.4 is 0 Å². The van der Waals surface area contributed by atoms with Gasteiger partial charge in [-0.15, -0.1) is 46.2 Å². The van der Waals surface area contributed by atoms with Crippen molar-refractivity contribution in [2.75, 3.05) is 0 Å². The van der Waals surface area contributed by atoms with Crippen molar-refractivity contribution < 1.29 is 24.2 Å². The fraction of sp³-hybridized carbons (Fsp3) is 0.268. The second-order valence-corrected chi connectivity index (χ2v) is 19.6. The molecule has 7 heteroatoms. The molecule has 6 rings (SSSR count). The van der Waals surface area contributed by atoms with Crippen LogP contribution in [-0.4, -0.2) is 3.21 Å². The Labute approximate surface area is 330 Å². The van der Waals surface area contributed by atoms with Crippen LogP contribution in [0.5, 0.6) is 0 Å². The van der Waals surface area contributed by atoms with Crippen molar-refractivity contribution in [1.82, 2.24) is 0 Å². The normalized spacial score (nSPS) is 13.3. The molecular formula is C41H38Cl6Zr. The van der Waals surface area contributed by atoms with E-state index in [1.807, 2.05) is 60.7 Å². The summed E-state index contributed by atoms with van der Waals surface area (Å²) in [5, 5.41) is 5.48. The van der Waals surface area contributed by atoms with E-state index in [1.165, 1.54) is 60.1 Å². The van der Waals surface area contributed by atoms with Crippen LogP contribution in [0.1, 0.15) is 81.3 Å². The summed E-state index contributed by atoms with van der Waals surface area (Å²) < 4.78 is -1.66. The van der Waals surface area contributed by atoms with Crippen LogP contribution in [0.25, 0.3) is 21.5 Å². The number of benzene rings is 4. The number of allylic oxidation sites excluding steroid dienone is 4. The first-order valence-electron chi connectivity index (χ1n) is 15.5. The van der Waals surface area contributed by atoms with Gasteiger partial charge >= 0.3 is 175 Å².